The van der Waals surface area contributed by atoms with Crippen LogP contribution in [0.4, 0.5) is 0 Å². The molecule has 13 heavy (non-hydrogen) atoms. The number of hydrogen-bond donors (Lipinski definition) is 2. The molecule has 0 heterocycles. The maximum absolute atomic E-state index is 11.0. The van der Waals surface area contributed by atoms with Crippen molar-refractivity contribution in [2.75, 3.05) is 6.61 Å². The predicted octanol–water partition coefficient (Wildman–Crippen LogP) is -0.565. The molecule has 0 aliphatic heterocycles. The number of esters is 1. The van der Waals surface area contributed by atoms with E-state index < -0.39 is 24.0 Å². The Morgan fingerprint density at radius 2 is 2.00 bits per heavy atom. The molecule has 0 aliphatic carbocycles. The molecule has 0 aromatic carbocycles. The molecule has 0 spiro atoms. The van der Waals surface area contributed by atoms with Crippen LogP contribution in [0.1, 0.15) is 20.8 Å². The zero-order valence-electron chi connectivity index (χ0n) is 8.03. The fourth-order valence-corrected chi connectivity index (χ4v) is 0.660. The molecule has 76 valence electrons. The number of ether oxygens (including phenoxy) is 1. The summed E-state index contributed by atoms with van der Waals surface area (Å²) in [4.78, 5) is 21.9. The summed E-state index contributed by atoms with van der Waals surface area (Å²) in [5.41, 5.74) is 0. The van der Waals surface area contributed by atoms with Gasteiger partial charge in [0.15, 0.2) is 0 Å². The van der Waals surface area contributed by atoms with Crippen LogP contribution in [0.5, 0.6) is 0 Å². The van der Waals surface area contributed by atoms with E-state index in [1.54, 1.807) is 6.92 Å². The van der Waals surface area contributed by atoms with Crippen molar-refractivity contribution in [3.63, 3.8) is 0 Å². The Hall–Kier alpha value is -1.10. The van der Waals surface area contributed by atoms with Crippen molar-refractivity contribution in [3.8, 4) is 0 Å². The van der Waals surface area contributed by atoms with E-state index in [9.17, 15) is 9.59 Å². The first-order valence-corrected chi connectivity index (χ1v) is 4.14. The Labute approximate surface area is 77.1 Å². The van der Waals surface area contributed by atoms with E-state index in [1.807, 2.05) is 0 Å². The Bertz CT molecular complexity index is 191. The molecule has 0 aromatic rings. The van der Waals surface area contributed by atoms with Crippen LogP contribution in [0.2, 0.25) is 0 Å². The molecule has 2 atom stereocenters. The van der Waals surface area contributed by atoms with Crippen LogP contribution in [-0.4, -0.2) is 35.7 Å². The van der Waals surface area contributed by atoms with Crippen molar-refractivity contribution in [2.24, 2.45) is 0 Å². The molecule has 0 rings (SSSR count). The largest absolute Gasteiger partial charge is 0.464 e. The summed E-state index contributed by atoms with van der Waals surface area (Å²) in [5, 5.41) is 11.1. The number of hydrogen-bond acceptors (Lipinski definition) is 4. The Morgan fingerprint density at radius 3 is 2.38 bits per heavy atom. The lowest BCUT2D eigenvalue weighted by molar-refractivity contribution is -0.147. The molecule has 0 fully saturated rings. The highest BCUT2D eigenvalue weighted by molar-refractivity contribution is 5.86. The van der Waals surface area contributed by atoms with Gasteiger partial charge in [0.2, 0.25) is 5.91 Å². The molecule has 5 nitrogen and oxygen atoms in total. The van der Waals surface area contributed by atoms with E-state index in [0.29, 0.717) is 0 Å². The zero-order valence-corrected chi connectivity index (χ0v) is 8.03. The van der Waals surface area contributed by atoms with Gasteiger partial charge in [0, 0.05) is 0 Å². The van der Waals surface area contributed by atoms with Crippen molar-refractivity contribution in [1.82, 2.24) is 5.32 Å². The fourth-order valence-electron chi connectivity index (χ4n) is 0.660. The van der Waals surface area contributed by atoms with Gasteiger partial charge in [0.25, 0.3) is 0 Å². The van der Waals surface area contributed by atoms with E-state index >= 15 is 0 Å². The number of carbonyl (C=O) groups is 2. The summed E-state index contributed by atoms with van der Waals surface area (Å²) in [6.45, 7) is 4.78. The first-order valence-electron chi connectivity index (χ1n) is 4.14. The number of nitrogens with one attached hydrogen (secondary N) is 1. The number of amides is 1. The van der Waals surface area contributed by atoms with Gasteiger partial charge in [0.1, 0.15) is 12.1 Å². The van der Waals surface area contributed by atoms with Crippen molar-refractivity contribution >= 4 is 11.9 Å². The highest BCUT2D eigenvalue weighted by atomic mass is 16.5. The predicted molar refractivity (Wildman–Crippen MR) is 45.9 cm³/mol. The van der Waals surface area contributed by atoms with E-state index in [0.717, 1.165) is 0 Å². The highest BCUT2D eigenvalue weighted by Gasteiger charge is 2.18. The van der Waals surface area contributed by atoms with Gasteiger partial charge in [-0.1, -0.05) is 0 Å². The molecule has 0 aliphatic rings. The third-order valence-electron chi connectivity index (χ3n) is 1.38. The van der Waals surface area contributed by atoms with Gasteiger partial charge in [-0.15, -0.1) is 0 Å². The van der Waals surface area contributed by atoms with Crippen LogP contribution < -0.4 is 5.32 Å². The second-order valence-corrected chi connectivity index (χ2v) is 2.66. The van der Waals surface area contributed by atoms with Crippen LogP contribution in [0, 0.1) is 0 Å². The van der Waals surface area contributed by atoms with Crippen molar-refractivity contribution in [1.29, 1.82) is 0 Å². The fraction of sp³-hybridized carbons (Fsp3) is 0.750. The molecular weight excluding hydrogens is 174 g/mol. The quantitative estimate of drug-likeness (QED) is 0.581. The van der Waals surface area contributed by atoms with Gasteiger partial charge in [-0.3, -0.25) is 4.79 Å². The topological polar surface area (TPSA) is 75.6 Å². The summed E-state index contributed by atoms with van der Waals surface area (Å²) in [6.07, 6.45) is -1.11. The minimum atomic E-state index is -1.11. The second-order valence-electron chi connectivity index (χ2n) is 2.66. The molecule has 0 radical (unpaired) electrons. The normalized spacial score (nSPS) is 14.5. The van der Waals surface area contributed by atoms with Crippen LogP contribution in [0.3, 0.4) is 0 Å². The van der Waals surface area contributed by atoms with E-state index in [-0.39, 0.29) is 6.61 Å². The highest BCUT2D eigenvalue weighted by Crippen LogP contribution is 1.89. The molecular formula is C8H15NO4. The third kappa shape index (κ3) is 4.47. The third-order valence-corrected chi connectivity index (χ3v) is 1.38. The number of carbonyl (C=O) groups excluding carboxylic acids is 2. The Kier molecular flexibility index (Phi) is 5.06. The molecule has 0 saturated heterocycles. The average molecular weight is 189 g/mol. The van der Waals surface area contributed by atoms with Gasteiger partial charge >= 0.3 is 5.97 Å². The monoisotopic (exact) mass is 189 g/mol. The lowest BCUT2D eigenvalue weighted by Crippen LogP contribution is -2.43. The van der Waals surface area contributed by atoms with Crippen molar-refractivity contribution in [2.45, 2.75) is 32.9 Å². The zero-order chi connectivity index (χ0) is 10.4. The Balaban J connectivity index is 3.92. The lowest BCUT2D eigenvalue weighted by Gasteiger charge is -2.13. The summed E-state index contributed by atoms with van der Waals surface area (Å²) in [7, 11) is 0. The van der Waals surface area contributed by atoms with E-state index in [2.05, 4.69) is 10.1 Å². The number of aliphatic hydroxyl groups is 1. The smallest absolute Gasteiger partial charge is 0.328 e. The van der Waals surface area contributed by atoms with Gasteiger partial charge < -0.3 is 15.2 Å². The molecule has 2 N–H and O–H groups in total. The van der Waals surface area contributed by atoms with Gasteiger partial charge in [-0.25, -0.2) is 4.79 Å². The van der Waals surface area contributed by atoms with Crippen molar-refractivity contribution in [3.05, 3.63) is 0 Å². The average Bonchev–Trinajstić information content (AvgIpc) is 2.04. The summed E-state index contributed by atoms with van der Waals surface area (Å²) in [6, 6.07) is -0.720. The molecule has 0 saturated carbocycles. The van der Waals surface area contributed by atoms with Crippen LogP contribution in [-0.2, 0) is 14.3 Å². The first-order chi connectivity index (χ1) is 5.99. The Morgan fingerprint density at radius 1 is 1.46 bits per heavy atom. The van der Waals surface area contributed by atoms with E-state index in [4.69, 9.17) is 5.11 Å². The SMILES string of the molecule is CCOC(=O)[C@H](C)NC(=O)C(C)O. The molecule has 5 heteroatoms. The minimum Gasteiger partial charge on any atom is -0.464 e. The number of rotatable bonds is 4. The van der Waals surface area contributed by atoms with Crippen LogP contribution in [0.15, 0.2) is 0 Å². The van der Waals surface area contributed by atoms with Crippen LogP contribution in [0.25, 0.3) is 0 Å². The standard InChI is InChI=1S/C8H15NO4/c1-4-13-8(12)5(2)9-7(11)6(3)10/h5-6,10H,4H2,1-3H3,(H,9,11)/t5-,6?/m0/s1. The summed E-state index contributed by atoms with van der Waals surface area (Å²) >= 11 is 0. The van der Waals surface area contributed by atoms with Crippen LogP contribution >= 0.6 is 0 Å². The molecule has 0 bridgehead atoms. The van der Waals surface area contributed by atoms with E-state index in [1.165, 1.54) is 13.8 Å². The minimum absolute atomic E-state index is 0.272. The number of aliphatic hydroxyl groups excluding tert-OH is 1. The van der Waals surface area contributed by atoms with Gasteiger partial charge in [-0.2, -0.15) is 0 Å². The maximum Gasteiger partial charge on any atom is 0.328 e. The first kappa shape index (κ1) is 11.9. The maximum atomic E-state index is 11.0. The lowest BCUT2D eigenvalue weighted by atomic mass is 10.3. The summed E-state index contributed by atoms with van der Waals surface area (Å²) in [5.74, 6) is -1.09. The molecule has 1 amide bonds. The second kappa shape index (κ2) is 5.53. The molecule has 0 aromatic heterocycles. The van der Waals surface area contributed by atoms with Crippen molar-refractivity contribution < 1.29 is 19.4 Å². The van der Waals surface area contributed by atoms with Gasteiger partial charge in [-0.05, 0) is 20.8 Å². The van der Waals surface area contributed by atoms with Gasteiger partial charge in [0.05, 0.1) is 6.61 Å². The summed E-state index contributed by atoms with van der Waals surface area (Å²) < 4.78 is 4.65. The molecule has 1 unspecified atom stereocenters.